The molecule has 0 saturated heterocycles. The topological polar surface area (TPSA) is 86.1 Å². The summed E-state index contributed by atoms with van der Waals surface area (Å²) >= 11 is 1.26. The van der Waals surface area contributed by atoms with E-state index in [2.05, 4.69) is 16.4 Å². The number of rotatable bonds is 3. The van der Waals surface area contributed by atoms with Gasteiger partial charge in [0.05, 0.1) is 22.7 Å². The number of aromatic nitrogens is 1. The molecule has 0 aliphatic carbocycles. The van der Waals surface area contributed by atoms with Crippen LogP contribution in [0.1, 0.15) is 30.2 Å². The van der Waals surface area contributed by atoms with E-state index in [1.165, 1.54) is 11.8 Å². The molecule has 2 amide bonds. The maximum absolute atomic E-state index is 13.0. The molecule has 0 bridgehead atoms. The lowest BCUT2D eigenvalue weighted by Crippen LogP contribution is -2.40. The van der Waals surface area contributed by atoms with Gasteiger partial charge in [-0.05, 0) is 44.5 Å². The summed E-state index contributed by atoms with van der Waals surface area (Å²) in [5, 5.41) is 12.8. The highest BCUT2D eigenvalue weighted by Gasteiger charge is 2.29. The van der Waals surface area contributed by atoms with Crippen LogP contribution in [-0.2, 0) is 9.59 Å². The third-order valence-corrected chi connectivity index (χ3v) is 5.34. The monoisotopic (exact) mass is 380 g/mol. The smallest absolute Gasteiger partial charge is 0.237 e. The fourth-order valence-electron chi connectivity index (χ4n) is 3.21. The number of hydrogen-bond donors (Lipinski definition) is 1. The predicted molar refractivity (Wildman–Crippen MR) is 106 cm³/mol. The lowest BCUT2D eigenvalue weighted by Gasteiger charge is -2.27. The molecule has 1 N–H and O–H groups in total. The number of nitrogens with zero attached hydrogens (tertiary/aromatic N) is 3. The van der Waals surface area contributed by atoms with Gasteiger partial charge in [0.15, 0.2) is 0 Å². The second kappa shape index (κ2) is 7.80. The third kappa shape index (κ3) is 3.96. The Morgan fingerprint density at radius 2 is 2.15 bits per heavy atom. The Bertz CT molecular complexity index is 951. The van der Waals surface area contributed by atoms with Crippen LogP contribution in [0.15, 0.2) is 35.4 Å². The van der Waals surface area contributed by atoms with Crippen LogP contribution < -0.4 is 10.2 Å². The number of thioether (sulfide) groups is 1. The van der Waals surface area contributed by atoms with E-state index < -0.39 is 0 Å². The van der Waals surface area contributed by atoms with Crippen molar-refractivity contribution in [2.45, 2.75) is 38.3 Å². The van der Waals surface area contributed by atoms with Gasteiger partial charge in [0.1, 0.15) is 11.1 Å². The molecule has 6 nitrogen and oxygen atoms in total. The molecule has 0 spiro atoms. The maximum Gasteiger partial charge on any atom is 0.237 e. The largest absolute Gasteiger partial charge is 0.324 e. The van der Waals surface area contributed by atoms with Gasteiger partial charge in [-0.2, -0.15) is 5.26 Å². The number of pyridine rings is 1. The first kappa shape index (κ1) is 18.9. The van der Waals surface area contributed by atoms with Gasteiger partial charge >= 0.3 is 0 Å². The first-order valence-corrected chi connectivity index (χ1v) is 9.61. The maximum atomic E-state index is 13.0. The fraction of sp³-hybridized carbons (Fsp3) is 0.300. The Morgan fingerprint density at radius 3 is 2.89 bits per heavy atom. The number of aryl methyl sites for hydroxylation is 2. The van der Waals surface area contributed by atoms with Crippen molar-refractivity contribution in [1.29, 1.82) is 5.26 Å². The molecule has 0 saturated carbocycles. The van der Waals surface area contributed by atoms with Crippen LogP contribution in [-0.4, -0.2) is 28.6 Å². The van der Waals surface area contributed by atoms with Crippen LogP contribution in [0.4, 0.5) is 11.4 Å². The number of amides is 2. The van der Waals surface area contributed by atoms with Crippen molar-refractivity contribution in [3.63, 3.8) is 0 Å². The summed E-state index contributed by atoms with van der Waals surface area (Å²) in [5.41, 5.74) is 3.48. The van der Waals surface area contributed by atoms with Crippen molar-refractivity contribution in [3.8, 4) is 6.07 Å². The number of nitrogens with one attached hydrogen (secondary N) is 1. The number of hydrogen-bond acceptors (Lipinski definition) is 5. The van der Waals surface area contributed by atoms with Gasteiger partial charge in [-0.1, -0.05) is 23.9 Å². The lowest BCUT2D eigenvalue weighted by molar-refractivity contribution is -0.117. The zero-order valence-electron chi connectivity index (χ0n) is 15.4. The van der Waals surface area contributed by atoms with E-state index in [4.69, 9.17) is 0 Å². The zero-order chi connectivity index (χ0) is 19.6. The van der Waals surface area contributed by atoms with E-state index in [9.17, 15) is 14.9 Å². The van der Waals surface area contributed by atoms with E-state index in [1.54, 1.807) is 11.0 Å². The average Bonchev–Trinajstić information content (AvgIpc) is 2.73. The number of anilines is 2. The van der Waals surface area contributed by atoms with Gasteiger partial charge in [0.2, 0.25) is 11.8 Å². The molecule has 138 valence electrons. The van der Waals surface area contributed by atoms with Gasteiger partial charge in [0, 0.05) is 18.2 Å². The van der Waals surface area contributed by atoms with E-state index in [0.717, 1.165) is 11.3 Å². The number of carbonyl (C=O) groups excluding carboxylic acids is 2. The number of carbonyl (C=O) groups is 2. The van der Waals surface area contributed by atoms with Crippen LogP contribution >= 0.6 is 11.8 Å². The zero-order valence-corrected chi connectivity index (χ0v) is 16.3. The predicted octanol–water partition coefficient (Wildman–Crippen LogP) is 3.43. The van der Waals surface area contributed by atoms with E-state index in [0.29, 0.717) is 22.0 Å². The highest BCUT2D eigenvalue weighted by molar-refractivity contribution is 8.00. The minimum absolute atomic E-state index is 0.111. The molecule has 2 heterocycles. The molecule has 0 fully saturated rings. The van der Waals surface area contributed by atoms with Crippen molar-refractivity contribution in [3.05, 3.63) is 47.2 Å². The Hall–Kier alpha value is -2.85. The van der Waals surface area contributed by atoms with E-state index >= 15 is 0 Å². The molecule has 7 heteroatoms. The van der Waals surface area contributed by atoms with Gasteiger partial charge in [0.25, 0.3) is 0 Å². The van der Waals surface area contributed by atoms with Crippen LogP contribution in [0.5, 0.6) is 0 Å². The number of benzene rings is 1. The highest BCUT2D eigenvalue weighted by atomic mass is 32.2. The van der Waals surface area contributed by atoms with Crippen LogP contribution in [0.2, 0.25) is 0 Å². The second-order valence-electron chi connectivity index (χ2n) is 6.54. The van der Waals surface area contributed by atoms with Crippen molar-refractivity contribution in [2.24, 2.45) is 0 Å². The Labute approximate surface area is 162 Å². The number of fused-ring (bicyclic) bond motifs is 1. The molecule has 1 aromatic heterocycles. The van der Waals surface area contributed by atoms with E-state index in [-0.39, 0.29) is 30.0 Å². The summed E-state index contributed by atoms with van der Waals surface area (Å²) in [6, 6.07) is 11.1. The summed E-state index contributed by atoms with van der Waals surface area (Å²) in [6.45, 7) is 5.59. The summed E-state index contributed by atoms with van der Waals surface area (Å²) in [5.74, 6) is -0.0980. The fourth-order valence-corrected chi connectivity index (χ4v) is 4.17. The summed E-state index contributed by atoms with van der Waals surface area (Å²) < 4.78 is 0. The average molecular weight is 380 g/mol. The normalized spacial score (nSPS) is 16.1. The molecule has 3 rings (SSSR count). The molecule has 1 aliphatic heterocycles. The van der Waals surface area contributed by atoms with Crippen LogP contribution in [0, 0.1) is 25.2 Å². The van der Waals surface area contributed by atoms with Gasteiger partial charge in [-0.15, -0.1) is 0 Å². The van der Waals surface area contributed by atoms with E-state index in [1.807, 2.05) is 45.0 Å². The Kier molecular flexibility index (Phi) is 5.47. The Balaban J connectivity index is 1.86. The number of para-hydroxylation sites is 2. The van der Waals surface area contributed by atoms with Crippen LogP contribution in [0.25, 0.3) is 0 Å². The third-order valence-electron chi connectivity index (χ3n) is 4.38. The molecular weight excluding hydrogens is 360 g/mol. The lowest BCUT2D eigenvalue weighted by atomic mass is 10.1. The molecule has 1 aliphatic rings. The minimum atomic E-state index is -0.260. The van der Waals surface area contributed by atoms with Crippen molar-refractivity contribution in [2.75, 3.05) is 16.0 Å². The van der Waals surface area contributed by atoms with Crippen molar-refractivity contribution in [1.82, 2.24) is 4.98 Å². The molecular formula is C20H20N4O2S. The summed E-state index contributed by atoms with van der Waals surface area (Å²) in [4.78, 5) is 31.2. The molecule has 0 radical (unpaired) electrons. The van der Waals surface area contributed by atoms with Gasteiger partial charge in [-0.25, -0.2) is 4.98 Å². The number of nitriles is 1. The second-order valence-corrected chi connectivity index (χ2v) is 7.51. The molecule has 27 heavy (non-hydrogen) atoms. The summed E-state index contributed by atoms with van der Waals surface area (Å²) in [6.07, 6.45) is 0.232. The first-order chi connectivity index (χ1) is 12.9. The van der Waals surface area contributed by atoms with Crippen molar-refractivity contribution >= 4 is 35.0 Å². The van der Waals surface area contributed by atoms with Gasteiger partial charge < -0.3 is 10.2 Å². The highest BCUT2D eigenvalue weighted by Crippen LogP contribution is 2.32. The summed E-state index contributed by atoms with van der Waals surface area (Å²) in [7, 11) is 0. The molecule has 2 aromatic rings. The van der Waals surface area contributed by atoms with Crippen LogP contribution in [0.3, 0.4) is 0 Å². The molecule has 1 atom stereocenters. The standard InChI is InChI=1S/C20H20N4O2S/c1-12-8-13(2)22-20(15(12)10-21)27-11-19(26)24-14(3)9-18(25)23-16-6-4-5-7-17(16)24/h4-8,14H,9,11H2,1-3H3,(H,23,25)/t14-/m1/s1. The molecule has 1 aromatic carbocycles. The SMILES string of the molecule is Cc1cc(C)c(C#N)c(SCC(=O)N2c3ccccc3NC(=O)C[C@H]2C)n1. The van der Waals surface area contributed by atoms with Gasteiger partial charge in [-0.3, -0.25) is 9.59 Å². The Morgan fingerprint density at radius 1 is 1.41 bits per heavy atom. The quantitative estimate of drug-likeness (QED) is 0.825. The molecule has 0 unspecified atom stereocenters. The first-order valence-electron chi connectivity index (χ1n) is 8.62. The minimum Gasteiger partial charge on any atom is -0.324 e. The van der Waals surface area contributed by atoms with Crippen molar-refractivity contribution < 1.29 is 9.59 Å².